The van der Waals surface area contributed by atoms with Gasteiger partial charge in [0.25, 0.3) is 0 Å². The molecule has 3 aromatic rings. The van der Waals surface area contributed by atoms with Gasteiger partial charge in [-0.25, -0.2) is 15.0 Å². The summed E-state index contributed by atoms with van der Waals surface area (Å²) in [5.74, 6) is 1.08. The van der Waals surface area contributed by atoms with Gasteiger partial charge in [0.15, 0.2) is 5.16 Å². The van der Waals surface area contributed by atoms with Gasteiger partial charge in [0.2, 0.25) is 5.91 Å². The summed E-state index contributed by atoms with van der Waals surface area (Å²) in [7, 11) is 0. The van der Waals surface area contributed by atoms with E-state index in [0.29, 0.717) is 12.8 Å². The molecule has 1 aromatic carbocycles. The lowest BCUT2D eigenvalue weighted by Crippen LogP contribution is -2.31. The first-order valence-corrected chi connectivity index (χ1v) is 11.3. The molecule has 2 aromatic heterocycles. The van der Waals surface area contributed by atoms with Crippen molar-refractivity contribution in [1.29, 1.82) is 0 Å². The fourth-order valence-corrected chi connectivity index (χ4v) is 4.64. The summed E-state index contributed by atoms with van der Waals surface area (Å²) >= 11 is 1.54. The molecule has 1 N–H and O–H groups in total. The van der Waals surface area contributed by atoms with Crippen LogP contribution < -0.4 is 0 Å². The van der Waals surface area contributed by atoms with E-state index < -0.39 is 0 Å². The Morgan fingerprint density at radius 3 is 2.69 bits per heavy atom. The molecule has 152 valence electrons. The van der Waals surface area contributed by atoms with Crippen LogP contribution in [0.15, 0.2) is 23.4 Å². The van der Waals surface area contributed by atoms with Crippen LogP contribution in [0.5, 0.6) is 0 Å². The number of hydrogen-bond donors (Lipinski definition) is 1. The van der Waals surface area contributed by atoms with E-state index in [1.165, 1.54) is 5.56 Å². The molecular weight excluding hydrogens is 382 g/mol. The predicted octanol–water partition coefficient (Wildman–Crippen LogP) is 4.30. The van der Waals surface area contributed by atoms with Gasteiger partial charge in [0.1, 0.15) is 5.82 Å². The Labute approximate surface area is 175 Å². The van der Waals surface area contributed by atoms with E-state index >= 15 is 0 Å². The summed E-state index contributed by atoms with van der Waals surface area (Å²) in [5.41, 5.74) is 6.23. The minimum atomic E-state index is 0.0347. The van der Waals surface area contributed by atoms with E-state index in [0.717, 1.165) is 58.4 Å². The minimum Gasteiger partial charge on any atom is -0.340 e. The molecule has 0 saturated carbocycles. The van der Waals surface area contributed by atoms with Crippen molar-refractivity contribution >= 4 is 28.7 Å². The molecule has 1 aliphatic rings. The summed E-state index contributed by atoms with van der Waals surface area (Å²) < 4.78 is 0. The molecule has 1 saturated heterocycles. The average Bonchev–Trinajstić information content (AvgIpc) is 3.33. The fourth-order valence-electron chi connectivity index (χ4n) is 4.19. The van der Waals surface area contributed by atoms with Crippen molar-refractivity contribution in [3.8, 4) is 0 Å². The first-order chi connectivity index (χ1) is 14.0. The molecule has 1 aliphatic heterocycles. The van der Waals surface area contributed by atoms with Crippen LogP contribution in [-0.4, -0.2) is 43.5 Å². The lowest BCUT2D eigenvalue weighted by atomic mass is 10.1. The Morgan fingerprint density at radius 2 is 1.97 bits per heavy atom. The molecule has 4 rings (SSSR count). The summed E-state index contributed by atoms with van der Waals surface area (Å²) in [5, 5.41) is 0.787. The van der Waals surface area contributed by atoms with Gasteiger partial charge in [-0.05, 0) is 69.5 Å². The summed E-state index contributed by atoms with van der Waals surface area (Å²) in [6.07, 6.45) is 5.09. The van der Waals surface area contributed by atoms with Gasteiger partial charge >= 0.3 is 0 Å². The number of aromatic amines is 1. The number of carbonyl (C=O) groups excluding carboxylic acids is 1. The highest BCUT2D eigenvalue weighted by molar-refractivity contribution is 7.98. The van der Waals surface area contributed by atoms with Crippen molar-refractivity contribution in [2.45, 2.75) is 57.7 Å². The van der Waals surface area contributed by atoms with Gasteiger partial charge < -0.3 is 9.88 Å². The quantitative estimate of drug-likeness (QED) is 0.502. The molecule has 1 fully saturated rings. The Balaban J connectivity index is 1.49. The average molecular weight is 410 g/mol. The number of thioether (sulfide) groups is 1. The van der Waals surface area contributed by atoms with Crippen molar-refractivity contribution in [2.75, 3.05) is 12.8 Å². The molecule has 0 bridgehead atoms. The maximum absolute atomic E-state index is 13.1. The lowest BCUT2D eigenvalue weighted by molar-refractivity contribution is -0.132. The van der Waals surface area contributed by atoms with Crippen molar-refractivity contribution in [2.24, 2.45) is 0 Å². The highest BCUT2D eigenvalue weighted by Gasteiger charge is 2.32. The third kappa shape index (κ3) is 4.01. The minimum absolute atomic E-state index is 0.0347. The Bertz CT molecular complexity index is 1040. The van der Waals surface area contributed by atoms with Crippen molar-refractivity contribution in [3.63, 3.8) is 0 Å². The van der Waals surface area contributed by atoms with Crippen LogP contribution >= 0.6 is 11.8 Å². The van der Waals surface area contributed by atoms with Crippen LogP contribution in [0.2, 0.25) is 0 Å². The van der Waals surface area contributed by atoms with E-state index in [9.17, 15) is 4.79 Å². The Hall–Kier alpha value is -2.41. The second-order valence-corrected chi connectivity index (χ2v) is 8.52. The highest BCUT2D eigenvalue weighted by Crippen LogP contribution is 2.32. The normalized spacial score (nSPS) is 16.7. The van der Waals surface area contributed by atoms with Gasteiger partial charge in [-0.3, -0.25) is 4.79 Å². The van der Waals surface area contributed by atoms with E-state index in [-0.39, 0.29) is 11.9 Å². The maximum Gasteiger partial charge on any atom is 0.223 e. The SMILES string of the molecule is CSc1nc(C)c(CCC(=O)N2CCCC2c2nc3ccc(C)cc3[nH]2)c(C)n1. The van der Waals surface area contributed by atoms with Crippen LogP contribution in [0.3, 0.4) is 0 Å². The van der Waals surface area contributed by atoms with Crippen molar-refractivity contribution < 1.29 is 4.79 Å². The molecule has 0 spiro atoms. The van der Waals surface area contributed by atoms with Gasteiger partial charge in [-0.2, -0.15) is 0 Å². The molecule has 0 radical (unpaired) electrons. The van der Waals surface area contributed by atoms with Crippen molar-refractivity contribution in [1.82, 2.24) is 24.8 Å². The van der Waals surface area contributed by atoms with E-state index in [1.807, 2.05) is 31.1 Å². The summed E-state index contributed by atoms with van der Waals surface area (Å²) in [4.78, 5) is 32.3. The zero-order valence-electron chi connectivity index (χ0n) is 17.5. The van der Waals surface area contributed by atoms with E-state index in [2.05, 4.69) is 34.0 Å². The number of likely N-dealkylation sites (tertiary alicyclic amines) is 1. The van der Waals surface area contributed by atoms with Gasteiger partial charge in [0.05, 0.1) is 17.1 Å². The standard InChI is InChI=1S/C22H27N5OS/c1-13-7-9-17-18(12-13)26-21(25-17)19-6-5-11-27(19)20(28)10-8-16-14(2)23-22(29-4)24-15(16)3/h7,9,12,19H,5-6,8,10-11H2,1-4H3,(H,25,26). The van der Waals surface area contributed by atoms with Crippen LogP contribution in [0, 0.1) is 20.8 Å². The predicted molar refractivity (Wildman–Crippen MR) is 116 cm³/mol. The smallest absolute Gasteiger partial charge is 0.223 e. The van der Waals surface area contributed by atoms with E-state index in [1.54, 1.807) is 11.8 Å². The molecule has 6 nitrogen and oxygen atoms in total. The van der Waals surface area contributed by atoms with Crippen LogP contribution in [-0.2, 0) is 11.2 Å². The number of benzene rings is 1. The molecule has 3 heterocycles. The second-order valence-electron chi connectivity index (χ2n) is 7.75. The number of fused-ring (bicyclic) bond motifs is 1. The number of hydrogen-bond acceptors (Lipinski definition) is 5. The number of amides is 1. The third-order valence-electron chi connectivity index (χ3n) is 5.72. The molecule has 1 atom stereocenters. The first-order valence-electron chi connectivity index (χ1n) is 10.1. The Kier molecular flexibility index (Phi) is 5.58. The van der Waals surface area contributed by atoms with Crippen LogP contribution in [0.25, 0.3) is 11.0 Å². The molecule has 0 aliphatic carbocycles. The fraction of sp³-hybridized carbons (Fsp3) is 0.455. The Morgan fingerprint density at radius 1 is 1.21 bits per heavy atom. The topological polar surface area (TPSA) is 74.8 Å². The number of H-pyrrole nitrogens is 1. The highest BCUT2D eigenvalue weighted by atomic mass is 32.2. The number of aryl methyl sites for hydroxylation is 3. The number of nitrogens with one attached hydrogen (secondary N) is 1. The van der Waals surface area contributed by atoms with E-state index in [4.69, 9.17) is 4.98 Å². The third-order valence-corrected chi connectivity index (χ3v) is 6.26. The van der Waals surface area contributed by atoms with Crippen LogP contribution in [0.4, 0.5) is 0 Å². The lowest BCUT2D eigenvalue weighted by Gasteiger charge is -2.23. The zero-order chi connectivity index (χ0) is 20.5. The molecule has 29 heavy (non-hydrogen) atoms. The van der Waals surface area contributed by atoms with Crippen molar-refractivity contribution in [3.05, 3.63) is 46.5 Å². The van der Waals surface area contributed by atoms with Gasteiger partial charge in [-0.1, -0.05) is 17.8 Å². The van der Waals surface area contributed by atoms with Gasteiger partial charge in [0, 0.05) is 24.4 Å². The zero-order valence-corrected chi connectivity index (χ0v) is 18.3. The number of rotatable bonds is 5. The summed E-state index contributed by atoms with van der Waals surface area (Å²) in [6.45, 7) is 6.87. The monoisotopic (exact) mass is 409 g/mol. The van der Waals surface area contributed by atoms with Gasteiger partial charge in [-0.15, -0.1) is 0 Å². The number of aromatic nitrogens is 4. The second kappa shape index (κ2) is 8.14. The number of nitrogens with zero attached hydrogens (tertiary/aromatic N) is 4. The first kappa shape index (κ1) is 19.9. The molecule has 1 unspecified atom stereocenters. The van der Waals surface area contributed by atoms with Crippen LogP contribution in [0.1, 0.15) is 53.6 Å². The molecule has 7 heteroatoms. The molecular formula is C22H27N5OS. The summed E-state index contributed by atoms with van der Waals surface area (Å²) in [6, 6.07) is 6.25. The number of imidazole rings is 1. The largest absolute Gasteiger partial charge is 0.340 e. The maximum atomic E-state index is 13.1. The molecule has 1 amide bonds. The number of carbonyl (C=O) groups is 1.